The zero-order chi connectivity index (χ0) is 18.0. The number of hydrogen-bond acceptors (Lipinski definition) is 5. The van der Waals surface area contributed by atoms with Gasteiger partial charge in [-0.25, -0.2) is 4.98 Å². The summed E-state index contributed by atoms with van der Waals surface area (Å²) in [5.74, 6) is -0.153. The predicted molar refractivity (Wildman–Crippen MR) is 108 cm³/mol. The van der Waals surface area contributed by atoms with E-state index < -0.39 is 6.04 Å². The van der Waals surface area contributed by atoms with E-state index >= 15 is 0 Å². The molecule has 0 aliphatic carbocycles. The normalized spacial score (nSPS) is 11.7. The molecule has 2 heterocycles. The highest BCUT2D eigenvalue weighted by atomic mass is 35.5. The number of likely N-dealkylation sites (N-methyl/N-ethyl adjacent to an activating group) is 1. The first kappa shape index (κ1) is 20.1. The summed E-state index contributed by atoms with van der Waals surface area (Å²) in [5, 5.41) is 10.7. The number of rotatable bonds is 5. The third kappa shape index (κ3) is 4.30. The maximum atomic E-state index is 12.6. The van der Waals surface area contributed by atoms with Crippen molar-refractivity contribution in [3.8, 4) is 11.3 Å². The van der Waals surface area contributed by atoms with Crippen molar-refractivity contribution in [1.29, 1.82) is 0 Å². The molecule has 1 unspecified atom stereocenters. The molecule has 1 atom stereocenters. The quantitative estimate of drug-likeness (QED) is 0.698. The number of carbonyl (C=O) groups excluding carboxylic acids is 1. The lowest BCUT2D eigenvalue weighted by Gasteiger charge is -2.12. The van der Waals surface area contributed by atoms with Crippen molar-refractivity contribution in [3.63, 3.8) is 0 Å². The van der Waals surface area contributed by atoms with Crippen LogP contribution in [-0.4, -0.2) is 27.7 Å². The number of nitrogens with one attached hydrogen (secondary N) is 2. The topological polar surface area (TPSA) is 71.8 Å². The number of nitrogens with zero attached hydrogens (tertiary/aromatic N) is 3. The maximum Gasteiger partial charge on any atom is 0.247 e. The van der Waals surface area contributed by atoms with Crippen LogP contribution in [0.15, 0.2) is 36.7 Å². The minimum atomic E-state index is -0.472. The number of hydrogen-bond donors (Lipinski definition) is 2. The standard InChI is InChI=1S/C18H21N5OS.ClH/c1-11-5-7-13(8-6-11)15-12(2)25-18(21-15)22-17(24)16(19-3)14-9-20-23(4)10-14;/h5-10,16,19H,1-4H3,(H,21,22,24);1H. The molecular formula is C18H22ClN5OS. The van der Waals surface area contributed by atoms with Crippen molar-refractivity contribution in [2.24, 2.45) is 7.05 Å². The van der Waals surface area contributed by atoms with E-state index in [0.29, 0.717) is 5.13 Å². The molecule has 3 rings (SSSR count). The van der Waals surface area contributed by atoms with Crippen LogP contribution in [-0.2, 0) is 11.8 Å². The van der Waals surface area contributed by atoms with Crippen molar-refractivity contribution >= 4 is 34.8 Å². The Bertz CT molecular complexity index is 887. The van der Waals surface area contributed by atoms with Crippen LogP contribution >= 0.6 is 23.7 Å². The fourth-order valence-electron chi connectivity index (χ4n) is 2.65. The van der Waals surface area contributed by atoms with E-state index in [1.807, 2.05) is 20.2 Å². The number of halogens is 1. The van der Waals surface area contributed by atoms with Gasteiger partial charge in [0, 0.05) is 29.2 Å². The van der Waals surface area contributed by atoms with Gasteiger partial charge >= 0.3 is 0 Å². The number of aromatic nitrogens is 3. The highest BCUT2D eigenvalue weighted by molar-refractivity contribution is 7.16. The largest absolute Gasteiger partial charge is 0.305 e. The molecule has 2 aromatic heterocycles. The van der Waals surface area contributed by atoms with Crippen LogP contribution in [0.2, 0.25) is 0 Å². The Kier molecular flexibility index (Phi) is 6.52. The Morgan fingerprint density at radius 3 is 2.50 bits per heavy atom. The molecule has 0 saturated carbocycles. The number of aryl methyl sites for hydroxylation is 3. The molecule has 0 aliphatic heterocycles. The summed E-state index contributed by atoms with van der Waals surface area (Å²) in [4.78, 5) is 18.3. The zero-order valence-electron chi connectivity index (χ0n) is 15.1. The molecule has 1 aromatic carbocycles. The lowest BCUT2D eigenvalue weighted by molar-refractivity contribution is -0.118. The van der Waals surface area contributed by atoms with Gasteiger partial charge < -0.3 is 10.6 Å². The second-order valence-corrected chi connectivity index (χ2v) is 7.15. The van der Waals surface area contributed by atoms with Crippen LogP contribution in [0.5, 0.6) is 0 Å². The van der Waals surface area contributed by atoms with Gasteiger partial charge in [-0.2, -0.15) is 5.10 Å². The first-order valence-electron chi connectivity index (χ1n) is 7.99. The molecule has 2 N–H and O–H groups in total. The van der Waals surface area contributed by atoms with Crippen LogP contribution in [0, 0.1) is 13.8 Å². The fourth-order valence-corrected chi connectivity index (χ4v) is 3.48. The summed E-state index contributed by atoms with van der Waals surface area (Å²) in [6.07, 6.45) is 3.51. The van der Waals surface area contributed by atoms with Gasteiger partial charge in [0.15, 0.2) is 5.13 Å². The lowest BCUT2D eigenvalue weighted by Crippen LogP contribution is -2.30. The summed E-state index contributed by atoms with van der Waals surface area (Å²) < 4.78 is 1.68. The minimum Gasteiger partial charge on any atom is -0.305 e. The Balaban J connectivity index is 0.00000243. The van der Waals surface area contributed by atoms with Crippen molar-refractivity contribution < 1.29 is 4.79 Å². The molecule has 6 nitrogen and oxygen atoms in total. The second-order valence-electron chi connectivity index (χ2n) is 5.95. The van der Waals surface area contributed by atoms with Crippen molar-refractivity contribution in [2.45, 2.75) is 19.9 Å². The SMILES string of the molecule is CNC(C(=O)Nc1nc(-c2ccc(C)cc2)c(C)s1)c1cnn(C)c1.Cl. The number of carbonyl (C=O) groups is 1. The molecule has 8 heteroatoms. The molecular weight excluding hydrogens is 370 g/mol. The summed E-state index contributed by atoms with van der Waals surface area (Å²) >= 11 is 1.48. The van der Waals surface area contributed by atoms with Crippen LogP contribution in [0.1, 0.15) is 22.0 Å². The van der Waals surface area contributed by atoms with Gasteiger partial charge in [0.1, 0.15) is 6.04 Å². The molecule has 3 aromatic rings. The van der Waals surface area contributed by atoms with Gasteiger partial charge in [0.05, 0.1) is 11.9 Å². The highest BCUT2D eigenvalue weighted by Gasteiger charge is 2.22. The van der Waals surface area contributed by atoms with Crippen molar-refractivity contribution in [1.82, 2.24) is 20.1 Å². The first-order valence-corrected chi connectivity index (χ1v) is 8.80. The summed E-state index contributed by atoms with van der Waals surface area (Å²) in [7, 11) is 3.58. The average Bonchev–Trinajstić information content (AvgIpc) is 3.15. The minimum absolute atomic E-state index is 0. The molecule has 1 amide bonds. The Morgan fingerprint density at radius 2 is 1.92 bits per heavy atom. The molecule has 0 aliphatic rings. The van der Waals surface area contributed by atoms with E-state index in [9.17, 15) is 4.79 Å². The van der Waals surface area contributed by atoms with Crippen LogP contribution in [0.4, 0.5) is 5.13 Å². The van der Waals surface area contributed by atoms with E-state index in [0.717, 1.165) is 21.7 Å². The van der Waals surface area contributed by atoms with Crippen LogP contribution < -0.4 is 10.6 Å². The monoisotopic (exact) mass is 391 g/mol. The van der Waals surface area contributed by atoms with Crippen LogP contribution in [0.3, 0.4) is 0 Å². The van der Waals surface area contributed by atoms with Crippen LogP contribution in [0.25, 0.3) is 11.3 Å². The number of anilines is 1. The smallest absolute Gasteiger partial charge is 0.247 e. The molecule has 26 heavy (non-hydrogen) atoms. The lowest BCUT2D eigenvalue weighted by atomic mass is 10.1. The molecule has 0 radical (unpaired) electrons. The van der Waals surface area contributed by atoms with Crippen molar-refractivity contribution in [2.75, 3.05) is 12.4 Å². The summed E-state index contributed by atoms with van der Waals surface area (Å²) in [6, 6.07) is 7.75. The molecule has 0 saturated heterocycles. The number of thiazole rings is 1. The van der Waals surface area contributed by atoms with Gasteiger partial charge in [0.25, 0.3) is 0 Å². The van der Waals surface area contributed by atoms with Gasteiger partial charge in [0.2, 0.25) is 5.91 Å². The third-order valence-electron chi connectivity index (χ3n) is 3.96. The zero-order valence-corrected chi connectivity index (χ0v) is 16.7. The molecule has 0 spiro atoms. The fraction of sp³-hybridized carbons (Fsp3) is 0.278. The van der Waals surface area contributed by atoms with E-state index in [4.69, 9.17) is 0 Å². The van der Waals surface area contributed by atoms with Gasteiger partial charge in [-0.15, -0.1) is 23.7 Å². The van der Waals surface area contributed by atoms with E-state index in [-0.39, 0.29) is 18.3 Å². The number of benzene rings is 1. The van der Waals surface area contributed by atoms with Crippen molar-refractivity contribution in [3.05, 3.63) is 52.7 Å². The molecule has 0 fully saturated rings. The Morgan fingerprint density at radius 1 is 1.23 bits per heavy atom. The Labute approximate surface area is 163 Å². The van der Waals surface area contributed by atoms with E-state index in [1.54, 1.807) is 17.9 Å². The van der Waals surface area contributed by atoms with Gasteiger partial charge in [-0.1, -0.05) is 29.8 Å². The number of amides is 1. The highest BCUT2D eigenvalue weighted by Crippen LogP contribution is 2.31. The van der Waals surface area contributed by atoms with Gasteiger partial charge in [-0.05, 0) is 20.9 Å². The third-order valence-corrected chi connectivity index (χ3v) is 4.85. The second kappa shape index (κ2) is 8.44. The summed E-state index contributed by atoms with van der Waals surface area (Å²) in [6.45, 7) is 4.07. The van der Waals surface area contributed by atoms with Gasteiger partial charge in [-0.3, -0.25) is 9.48 Å². The maximum absolute atomic E-state index is 12.6. The first-order chi connectivity index (χ1) is 12.0. The Hall–Kier alpha value is -2.22. The molecule has 0 bridgehead atoms. The van der Waals surface area contributed by atoms with E-state index in [2.05, 4.69) is 51.9 Å². The van der Waals surface area contributed by atoms with E-state index in [1.165, 1.54) is 16.9 Å². The molecule has 138 valence electrons. The predicted octanol–water partition coefficient (Wildman–Crippen LogP) is 3.48. The average molecular weight is 392 g/mol. The summed E-state index contributed by atoms with van der Waals surface area (Å²) in [5.41, 5.74) is 3.98.